The van der Waals surface area contributed by atoms with Gasteiger partial charge in [0.05, 0.1) is 5.69 Å². The molecule has 0 bridgehead atoms. The molecule has 1 N–H and O–H groups in total. The van der Waals surface area contributed by atoms with E-state index in [1.165, 1.54) is 12.1 Å². The Hall–Kier alpha value is -1.97. The molecule has 2 rings (SSSR count). The van der Waals surface area contributed by atoms with Crippen LogP contribution in [0.3, 0.4) is 0 Å². The topological polar surface area (TPSA) is 46.2 Å². The molecule has 0 aliphatic carbocycles. The van der Waals surface area contributed by atoms with Crippen LogP contribution in [0, 0.1) is 5.82 Å². The molecule has 3 nitrogen and oxygen atoms in total. The number of hydrogen-bond donors (Lipinski definition) is 1. The van der Waals surface area contributed by atoms with E-state index in [-0.39, 0.29) is 18.0 Å². The highest BCUT2D eigenvalue weighted by molar-refractivity contribution is 5.47. The van der Waals surface area contributed by atoms with Crippen molar-refractivity contribution in [2.75, 3.05) is 5.32 Å². The lowest BCUT2D eigenvalue weighted by atomic mass is 10.1. The van der Waals surface area contributed by atoms with Crippen LogP contribution in [0.5, 0.6) is 0 Å². The van der Waals surface area contributed by atoms with E-state index in [9.17, 15) is 14.0 Å². The second-order valence-corrected chi connectivity index (χ2v) is 3.88. The Labute approximate surface area is 111 Å². The van der Waals surface area contributed by atoms with E-state index in [1.807, 2.05) is 20.8 Å². The summed E-state index contributed by atoms with van der Waals surface area (Å²) < 4.78 is 13.4. The van der Waals surface area contributed by atoms with Gasteiger partial charge in [0.1, 0.15) is 5.82 Å². The zero-order valence-electron chi connectivity index (χ0n) is 11.4. The van der Waals surface area contributed by atoms with Crippen LogP contribution in [0.2, 0.25) is 0 Å². The molecule has 0 fully saturated rings. The molecule has 0 radical (unpaired) electrons. The molecule has 102 valence electrons. The number of benzene rings is 1. The first-order valence-electron chi connectivity index (χ1n) is 6.43. The molecule has 0 aliphatic heterocycles. The molecule has 0 saturated heterocycles. The van der Waals surface area contributed by atoms with Crippen molar-refractivity contribution in [2.45, 2.75) is 33.7 Å². The average molecular weight is 263 g/mol. The first-order chi connectivity index (χ1) is 9.11. The Morgan fingerprint density at radius 2 is 1.84 bits per heavy atom. The second-order valence-electron chi connectivity index (χ2n) is 3.88. The van der Waals surface area contributed by atoms with E-state index >= 15 is 0 Å². The zero-order valence-corrected chi connectivity index (χ0v) is 11.4. The van der Waals surface area contributed by atoms with Crippen LogP contribution in [-0.4, -0.2) is 0 Å². The minimum absolute atomic E-state index is 0.213. The fourth-order valence-electron chi connectivity index (χ4n) is 1.62. The van der Waals surface area contributed by atoms with Crippen molar-refractivity contribution >= 4 is 5.69 Å². The van der Waals surface area contributed by atoms with Crippen LogP contribution in [0.4, 0.5) is 10.1 Å². The third kappa shape index (κ3) is 3.50. The van der Waals surface area contributed by atoms with Gasteiger partial charge in [-0.05, 0) is 18.1 Å². The van der Waals surface area contributed by atoms with Crippen molar-refractivity contribution in [3.8, 4) is 0 Å². The van der Waals surface area contributed by atoms with Gasteiger partial charge in [-0.25, -0.2) is 4.39 Å². The number of nitrogens with one attached hydrogen (secondary N) is 1. The number of halogens is 1. The summed E-state index contributed by atoms with van der Waals surface area (Å²) in [6.45, 7) is 6.20. The lowest BCUT2D eigenvalue weighted by Crippen LogP contribution is -2.32. The zero-order chi connectivity index (χ0) is 14.4. The predicted octanol–water partition coefficient (Wildman–Crippen LogP) is 2.62. The van der Waals surface area contributed by atoms with Crippen LogP contribution in [-0.2, 0) is 13.0 Å². The van der Waals surface area contributed by atoms with Crippen LogP contribution in [0.15, 0.2) is 33.9 Å². The minimum atomic E-state index is -0.531. The molecule has 0 unspecified atom stereocenters. The normalized spacial score (nSPS) is 9.89. The second kappa shape index (κ2) is 6.83. The van der Waals surface area contributed by atoms with Gasteiger partial charge in [0, 0.05) is 18.2 Å². The van der Waals surface area contributed by atoms with E-state index in [0.29, 0.717) is 5.56 Å². The lowest BCUT2D eigenvalue weighted by molar-refractivity contribution is 0.612. The highest BCUT2D eigenvalue weighted by Crippen LogP contribution is 2.12. The monoisotopic (exact) mass is 263 g/mol. The summed E-state index contributed by atoms with van der Waals surface area (Å²) in [5, 5.41) is 2.76. The summed E-state index contributed by atoms with van der Waals surface area (Å²) in [5.74, 6) is -0.312. The Kier molecular flexibility index (Phi) is 5.42. The van der Waals surface area contributed by atoms with E-state index in [2.05, 4.69) is 5.32 Å². The SMILES string of the molecule is CC.CCc1ccc(F)c(CNc2cc(=O)c2=O)c1. The smallest absolute Gasteiger partial charge is 0.248 e. The summed E-state index contributed by atoms with van der Waals surface area (Å²) >= 11 is 0. The van der Waals surface area contributed by atoms with Gasteiger partial charge in [-0.15, -0.1) is 0 Å². The van der Waals surface area contributed by atoms with Gasteiger partial charge in [0.2, 0.25) is 10.9 Å². The molecule has 0 amide bonds. The van der Waals surface area contributed by atoms with E-state index in [1.54, 1.807) is 12.1 Å². The quantitative estimate of drug-likeness (QED) is 0.862. The van der Waals surface area contributed by atoms with Crippen molar-refractivity contribution in [1.29, 1.82) is 0 Å². The van der Waals surface area contributed by atoms with Crippen molar-refractivity contribution in [2.24, 2.45) is 0 Å². The summed E-state index contributed by atoms with van der Waals surface area (Å²) in [5.41, 5.74) is 0.759. The number of hydrogen-bond acceptors (Lipinski definition) is 3. The first kappa shape index (κ1) is 15.1. The van der Waals surface area contributed by atoms with Gasteiger partial charge in [0.15, 0.2) is 0 Å². The maximum absolute atomic E-state index is 13.4. The molecule has 0 saturated carbocycles. The third-order valence-electron chi connectivity index (χ3n) is 2.73. The molecule has 19 heavy (non-hydrogen) atoms. The largest absolute Gasteiger partial charge is 0.377 e. The van der Waals surface area contributed by atoms with Crippen molar-refractivity contribution < 1.29 is 4.39 Å². The molecule has 0 aliphatic rings. The van der Waals surface area contributed by atoms with Crippen LogP contribution < -0.4 is 16.2 Å². The molecule has 0 spiro atoms. The van der Waals surface area contributed by atoms with Crippen LogP contribution in [0.25, 0.3) is 0 Å². The highest BCUT2D eigenvalue weighted by atomic mass is 19.1. The predicted molar refractivity (Wildman–Crippen MR) is 75.8 cm³/mol. The van der Waals surface area contributed by atoms with Gasteiger partial charge in [-0.1, -0.05) is 32.9 Å². The standard InChI is InChI=1S/C13H12FNO2.C2H6/c1-2-8-3-4-10(14)9(5-8)7-15-11-6-12(16)13(11)17;1-2/h3-6,15H,2,7H2,1H3;1-2H3. The van der Waals surface area contributed by atoms with Gasteiger partial charge >= 0.3 is 0 Å². The van der Waals surface area contributed by atoms with Crippen molar-refractivity contribution in [1.82, 2.24) is 0 Å². The minimum Gasteiger partial charge on any atom is -0.377 e. The van der Waals surface area contributed by atoms with Gasteiger partial charge < -0.3 is 5.32 Å². The van der Waals surface area contributed by atoms with Crippen molar-refractivity contribution in [3.05, 3.63) is 61.7 Å². The Balaban J connectivity index is 0.000000861. The van der Waals surface area contributed by atoms with Gasteiger partial charge in [0.25, 0.3) is 0 Å². The van der Waals surface area contributed by atoms with Crippen LogP contribution in [0.1, 0.15) is 31.9 Å². The van der Waals surface area contributed by atoms with E-state index in [4.69, 9.17) is 0 Å². The van der Waals surface area contributed by atoms with Gasteiger partial charge in [-0.3, -0.25) is 9.59 Å². The molecule has 2 aromatic carbocycles. The lowest BCUT2D eigenvalue weighted by Gasteiger charge is -2.08. The molecule has 0 atom stereocenters. The number of rotatable bonds is 4. The molecule has 0 aromatic heterocycles. The Morgan fingerprint density at radius 3 is 2.37 bits per heavy atom. The summed E-state index contributed by atoms with van der Waals surface area (Å²) in [4.78, 5) is 21.7. The summed E-state index contributed by atoms with van der Waals surface area (Å²) in [6.07, 6.45) is 0.827. The van der Waals surface area contributed by atoms with E-state index < -0.39 is 10.9 Å². The Morgan fingerprint density at radius 1 is 1.16 bits per heavy atom. The molecule has 2 aromatic rings. The summed E-state index contributed by atoms with van der Waals surface area (Å²) in [7, 11) is 0. The third-order valence-corrected chi connectivity index (χ3v) is 2.73. The summed E-state index contributed by atoms with van der Waals surface area (Å²) in [6, 6.07) is 6.13. The first-order valence-corrected chi connectivity index (χ1v) is 6.43. The molecular formula is C15H18FNO2. The van der Waals surface area contributed by atoms with Gasteiger partial charge in [-0.2, -0.15) is 0 Å². The maximum atomic E-state index is 13.4. The molecular weight excluding hydrogens is 245 g/mol. The Bertz CT molecular complexity index is 613. The van der Waals surface area contributed by atoms with E-state index in [0.717, 1.165) is 12.0 Å². The fourth-order valence-corrected chi connectivity index (χ4v) is 1.62. The molecule has 0 heterocycles. The maximum Gasteiger partial charge on any atom is 0.248 e. The molecule has 4 heteroatoms. The van der Waals surface area contributed by atoms with Crippen LogP contribution >= 0.6 is 0 Å². The fraction of sp³-hybridized carbons (Fsp3) is 0.333. The van der Waals surface area contributed by atoms with Crippen molar-refractivity contribution in [3.63, 3.8) is 0 Å². The highest BCUT2D eigenvalue weighted by Gasteiger charge is 2.09. The number of aryl methyl sites for hydroxylation is 1. The average Bonchev–Trinajstić information content (AvgIpc) is 2.46. The number of anilines is 1.